The zero-order chi connectivity index (χ0) is 21.2. The third-order valence-corrected chi connectivity index (χ3v) is 3.83. The molecule has 0 fully saturated rings. The number of benzene rings is 2. The molecule has 1 heterocycles. The van der Waals surface area contributed by atoms with Gasteiger partial charge in [0.25, 0.3) is 5.91 Å². The van der Waals surface area contributed by atoms with Gasteiger partial charge in [0.15, 0.2) is 0 Å². The lowest BCUT2D eigenvalue weighted by Gasteiger charge is -2.10. The number of fused-ring (bicyclic) bond motifs is 1. The highest BCUT2D eigenvalue weighted by molar-refractivity contribution is 5.84. The number of carbonyl (C=O) groups is 1. The smallest absolute Gasteiger partial charge is 0.311 e. The number of carbonyl (C=O) groups excluding carboxylic acids is 1. The number of aromatic nitrogens is 2. The van der Waals surface area contributed by atoms with Crippen molar-refractivity contribution in [3.8, 4) is 0 Å². The maximum Gasteiger partial charge on any atom is 0.449 e. The molecule has 1 aromatic heterocycles. The van der Waals surface area contributed by atoms with Gasteiger partial charge in [-0.2, -0.15) is 31.4 Å². The molecule has 29 heavy (non-hydrogen) atoms. The lowest BCUT2D eigenvalue weighted by Crippen LogP contribution is -2.26. The van der Waals surface area contributed by atoms with Gasteiger partial charge in [-0.1, -0.05) is 24.3 Å². The minimum Gasteiger partial charge on any atom is -0.311 e. The summed E-state index contributed by atoms with van der Waals surface area (Å²) in [6, 6.07) is 9.97. The molecule has 3 aromatic rings. The molecule has 1 amide bonds. The standard InChI is InChI=1S/C18H12F6N4O/c19-17(20,21)12-5-3-4-11(8-12)9-25-27-15(29)10-28-14-7-2-1-6-13(14)26-16(28)18(22,23)24/h1-9H,10H2,(H,27,29). The number of alkyl halides is 6. The van der Waals surface area contributed by atoms with Gasteiger partial charge in [0.2, 0.25) is 5.82 Å². The summed E-state index contributed by atoms with van der Waals surface area (Å²) < 4.78 is 78.4. The Hall–Kier alpha value is -3.37. The van der Waals surface area contributed by atoms with Gasteiger partial charge in [0, 0.05) is 0 Å². The van der Waals surface area contributed by atoms with Crippen LogP contribution in [-0.4, -0.2) is 21.7 Å². The summed E-state index contributed by atoms with van der Waals surface area (Å²) in [6.07, 6.45) is -8.35. The Morgan fingerprint density at radius 3 is 2.45 bits per heavy atom. The molecule has 0 saturated heterocycles. The van der Waals surface area contributed by atoms with Crippen molar-refractivity contribution < 1.29 is 31.1 Å². The van der Waals surface area contributed by atoms with Crippen LogP contribution in [0.25, 0.3) is 11.0 Å². The summed E-state index contributed by atoms with van der Waals surface area (Å²) in [5, 5.41) is 3.51. The molecule has 152 valence electrons. The topological polar surface area (TPSA) is 59.3 Å². The average Bonchev–Trinajstić information content (AvgIpc) is 3.00. The number of halogens is 6. The predicted molar refractivity (Wildman–Crippen MR) is 91.9 cm³/mol. The molecule has 0 radical (unpaired) electrons. The van der Waals surface area contributed by atoms with E-state index in [9.17, 15) is 31.1 Å². The van der Waals surface area contributed by atoms with Crippen molar-refractivity contribution in [3.05, 3.63) is 65.5 Å². The van der Waals surface area contributed by atoms with Gasteiger partial charge in [-0.3, -0.25) is 4.79 Å². The van der Waals surface area contributed by atoms with E-state index in [2.05, 4.69) is 10.1 Å². The molecule has 0 bridgehead atoms. The second-order valence-electron chi connectivity index (χ2n) is 5.92. The molecular formula is C18H12F6N4O. The fourth-order valence-electron chi connectivity index (χ4n) is 2.61. The van der Waals surface area contributed by atoms with Crippen molar-refractivity contribution in [2.24, 2.45) is 5.10 Å². The van der Waals surface area contributed by atoms with E-state index in [1.807, 2.05) is 5.43 Å². The Labute approximate surface area is 159 Å². The minimum absolute atomic E-state index is 0.0594. The first-order valence-electron chi connectivity index (χ1n) is 8.07. The van der Waals surface area contributed by atoms with Crippen LogP contribution in [0.15, 0.2) is 53.6 Å². The zero-order valence-electron chi connectivity index (χ0n) is 14.4. The summed E-state index contributed by atoms with van der Waals surface area (Å²) >= 11 is 0. The van der Waals surface area contributed by atoms with E-state index in [-0.39, 0.29) is 16.6 Å². The van der Waals surface area contributed by atoms with E-state index in [0.29, 0.717) is 4.57 Å². The van der Waals surface area contributed by atoms with Crippen molar-refractivity contribution >= 4 is 23.2 Å². The fourth-order valence-corrected chi connectivity index (χ4v) is 2.61. The molecule has 2 aromatic carbocycles. The molecule has 3 rings (SSSR count). The van der Waals surface area contributed by atoms with Crippen molar-refractivity contribution in [2.45, 2.75) is 18.9 Å². The largest absolute Gasteiger partial charge is 0.449 e. The molecule has 0 unspecified atom stereocenters. The Morgan fingerprint density at radius 2 is 1.76 bits per heavy atom. The van der Waals surface area contributed by atoms with Crippen LogP contribution in [0.2, 0.25) is 0 Å². The summed E-state index contributed by atoms with van der Waals surface area (Å²) in [4.78, 5) is 15.5. The summed E-state index contributed by atoms with van der Waals surface area (Å²) in [5.74, 6) is -2.14. The number of nitrogens with zero attached hydrogens (tertiary/aromatic N) is 3. The minimum atomic E-state index is -4.78. The first-order chi connectivity index (χ1) is 13.6. The van der Waals surface area contributed by atoms with Gasteiger partial charge in [-0.05, 0) is 29.8 Å². The number of amides is 1. The number of hydrogen-bond acceptors (Lipinski definition) is 3. The first kappa shape index (κ1) is 20.4. The molecule has 0 aliphatic carbocycles. The fraction of sp³-hybridized carbons (Fsp3) is 0.167. The Bertz CT molecular complexity index is 1070. The number of para-hydroxylation sites is 2. The first-order valence-corrected chi connectivity index (χ1v) is 8.07. The lowest BCUT2D eigenvalue weighted by atomic mass is 10.1. The number of nitrogens with one attached hydrogen (secondary N) is 1. The monoisotopic (exact) mass is 414 g/mol. The van der Waals surface area contributed by atoms with Crippen molar-refractivity contribution in [2.75, 3.05) is 0 Å². The summed E-state index contributed by atoms with van der Waals surface area (Å²) in [5.41, 5.74) is 1.35. The number of imidazole rings is 1. The van der Waals surface area contributed by atoms with Gasteiger partial charge in [0.05, 0.1) is 22.8 Å². The van der Waals surface area contributed by atoms with Gasteiger partial charge >= 0.3 is 12.4 Å². The highest BCUT2D eigenvalue weighted by atomic mass is 19.4. The zero-order valence-corrected chi connectivity index (χ0v) is 14.4. The second kappa shape index (κ2) is 7.57. The molecule has 1 N–H and O–H groups in total. The van der Waals surface area contributed by atoms with Crippen LogP contribution < -0.4 is 5.43 Å². The summed E-state index contributed by atoms with van der Waals surface area (Å²) in [6.45, 7) is -0.727. The SMILES string of the molecule is O=C(Cn1c(C(F)(F)F)nc2ccccc21)NN=Cc1cccc(C(F)(F)F)c1. The van der Waals surface area contributed by atoms with Gasteiger partial charge in [0.1, 0.15) is 6.54 Å². The maximum atomic E-state index is 13.2. The molecule has 11 heteroatoms. The molecular weight excluding hydrogens is 402 g/mol. The molecule has 0 saturated carbocycles. The van der Waals surface area contributed by atoms with E-state index < -0.39 is 36.2 Å². The lowest BCUT2D eigenvalue weighted by molar-refractivity contribution is -0.147. The highest BCUT2D eigenvalue weighted by Gasteiger charge is 2.38. The predicted octanol–water partition coefficient (Wildman–Crippen LogP) is 4.22. The van der Waals surface area contributed by atoms with Gasteiger partial charge < -0.3 is 4.57 Å². The maximum absolute atomic E-state index is 13.2. The third-order valence-electron chi connectivity index (χ3n) is 3.83. The van der Waals surface area contributed by atoms with Crippen LogP contribution in [0.1, 0.15) is 17.0 Å². The number of hydrazone groups is 1. The number of hydrogen-bond donors (Lipinski definition) is 1. The second-order valence-corrected chi connectivity index (χ2v) is 5.92. The average molecular weight is 414 g/mol. The van der Waals surface area contributed by atoms with Gasteiger partial charge in [-0.25, -0.2) is 10.4 Å². The van der Waals surface area contributed by atoms with E-state index in [0.717, 1.165) is 18.3 Å². The Kier molecular flexibility index (Phi) is 5.31. The third kappa shape index (κ3) is 4.73. The molecule has 0 spiro atoms. The van der Waals surface area contributed by atoms with Crippen LogP contribution in [-0.2, 0) is 23.7 Å². The number of rotatable bonds is 4. The van der Waals surface area contributed by atoms with E-state index in [1.54, 1.807) is 0 Å². The van der Waals surface area contributed by atoms with E-state index >= 15 is 0 Å². The van der Waals surface area contributed by atoms with Crippen molar-refractivity contribution in [1.29, 1.82) is 0 Å². The molecule has 0 aliphatic heterocycles. The van der Waals surface area contributed by atoms with Crippen LogP contribution in [0.5, 0.6) is 0 Å². The van der Waals surface area contributed by atoms with Crippen molar-refractivity contribution in [1.82, 2.24) is 15.0 Å². The quantitative estimate of drug-likeness (QED) is 0.395. The van der Waals surface area contributed by atoms with Crippen molar-refractivity contribution in [3.63, 3.8) is 0 Å². The van der Waals surface area contributed by atoms with E-state index in [1.165, 1.54) is 36.4 Å². The highest BCUT2D eigenvalue weighted by Crippen LogP contribution is 2.31. The Morgan fingerprint density at radius 1 is 1.03 bits per heavy atom. The van der Waals surface area contributed by atoms with Crippen LogP contribution >= 0.6 is 0 Å². The molecule has 0 atom stereocenters. The van der Waals surface area contributed by atoms with Crippen LogP contribution in [0.4, 0.5) is 26.3 Å². The molecule has 5 nitrogen and oxygen atoms in total. The molecule has 0 aliphatic rings. The Balaban J connectivity index is 1.76. The van der Waals surface area contributed by atoms with E-state index in [4.69, 9.17) is 0 Å². The van der Waals surface area contributed by atoms with Crippen LogP contribution in [0, 0.1) is 0 Å². The normalized spacial score (nSPS) is 12.6. The summed E-state index contributed by atoms with van der Waals surface area (Å²) in [7, 11) is 0. The van der Waals surface area contributed by atoms with Gasteiger partial charge in [-0.15, -0.1) is 0 Å². The van der Waals surface area contributed by atoms with Crippen LogP contribution in [0.3, 0.4) is 0 Å².